The van der Waals surface area contributed by atoms with Crippen LogP contribution in [0, 0.1) is 0 Å². The van der Waals surface area contributed by atoms with Gasteiger partial charge >= 0.3 is 21.7 Å². The van der Waals surface area contributed by atoms with Crippen LogP contribution in [0.3, 0.4) is 0 Å². The van der Waals surface area contributed by atoms with Gasteiger partial charge in [-0.2, -0.15) is 0 Å². The molecule has 8 nitrogen and oxygen atoms in total. The molecule has 25 heavy (non-hydrogen) atoms. The first-order valence-electron chi connectivity index (χ1n) is 8.81. The Balaban J connectivity index is -0.0000000702. The maximum Gasteiger partial charge on any atom is 4.00 e. The molecule has 4 N–H and O–H groups in total. The average Bonchev–Trinajstić information content (AvgIpc) is 2.62. The van der Waals surface area contributed by atoms with Crippen LogP contribution in [-0.4, -0.2) is 78.8 Å². The van der Waals surface area contributed by atoms with Crippen molar-refractivity contribution in [3.8, 4) is 0 Å². The molecule has 0 saturated heterocycles. The first kappa shape index (κ1) is 36.3. The summed E-state index contributed by atoms with van der Waals surface area (Å²) in [6.45, 7) is 14.0. The SMILES string of the molecule is CCNCC[O-].CCNCC[O-].CCNCC[O-].CCNCC[O-].[Ti+4]. The summed E-state index contributed by atoms with van der Waals surface area (Å²) < 4.78 is 0. The summed E-state index contributed by atoms with van der Waals surface area (Å²) in [5, 5.41) is 50.0. The van der Waals surface area contributed by atoms with E-state index < -0.39 is 0 Å². The van der Waals surface area contributed by atoms with Gasteiger partial charge in [0.15, 0.2) is 0 Å². The van der Waals surface area contributed by atoms with Crippen LogP contribution in [0.1, 0.15) is 27.7 Å². The van der Waals surface area contributed by atoms with E-state index in [1.54, 1.807) is 0 Å². The van der Waals surface area contributed by atoms with E-state index in [-0.39, 0.29) is 48.1 Å². The van der Waals surface area contributed by atoms with Gasteiger partial charge in [-0.25, -0.2) is 0 Å². The van der Waals surface area contributed by atoms with Crippen LogP contribution >= 0.6 is 0 Å². The fraction of sp³-hybridized carbons (Fsp3) is 1.00. The minimum absolute atomic E-state index is 0. The van der Waals surface area contributed by atoms with E-state index in [1.807, 2.05) is 27.7 Å². The predicted octanol–water partition coefficient (Wildman–Crippen LogP) is -4.18. The molecule has 0 spiro atoms. The Labute approximate surface area is 170 Å². The number of hydrogen-bond acceptors (Lipinski definition) is 8. The summed E-state index contributed by atoms with van der Waals surface area (Å²) in [5.74, 6) is 0. The van der Waals surface area contributed by atoms with E-state index in [2.05, 4.69) is 21.3 Å². The summed E-state index contributed by atoms with van der Waals surface area (Å²) in [6, 6.07) is 0. The molecule has 0 aromatic carbocycles. The molecule has 0 radical (unpaired) electrons. The van der Waals surface area contributed by atoms with Crippen molar-refractivity contribution >= 4 is 0 Å². The van der Waals surface area contributed by atoms with E-state index in [1.165, 1.54) is 0 Å². The number of likely N-dealkylation sites (N-methyl/N-ethyl adjacent to an activating group) is 4. The van der Waals surface area contributed by atoms with Gasteiger partial charge in [-0.3, -0.25) is 0 Å². The number of hydrogen-bond donors (Lipinski definition) is 4. The fourth-order valence-electron chi connectivity index (χ4n) is 0.996. The molecule has 0 fully saturated rings. The summed E-state index contributed by atoms with van der Waals surface area (Å²) in [4.78, 5) is 0. The molecular weight excluding hydrogens is 360 g/mol. The van der Waals surface area contributed by atoms with E-state index >= 15 is 0 Å². The summed E-state index contributed by atoms with van der Waals surface area (Å²) in [7, 11) is 0. The first-order valence-corrected chi connectivity index (χ1v) is 8.81. The van der Waals surface area contributed by atoms with Crippen molar-refractivity contribution in [2.75, 3.05) is 78.8 Å². The zero-order valence-electron chi connectivity index (χ0n) is 16.6. The molecule has 0 amide bonds. The second-order valence-corrected chi connectivity index (χ2v) is 4.23. The van der Waals surface area contributed by atoms with E-state index in [0.29, 0.717) is 26.2 Å². The minimum Gasteiger partial charge on any atom is -0.854 e. The fourth-order valence-corrected chi connectivity index (χ4v) is 0.996. The Morgan fingerprint density at radius 1 is 0.440 bits per heavy atom. The second-order valence-electron chi connectivity index (χ2n) is 4.23. The third-order valence-electron chi connectivity index (χ3n) is 2.12. The Kier molecular flexibility index (Phi) is 72.2. The van der Waals surface area contributed by atoms with Gasteiger partial charge in [0.05, 0.1) is 0 Å². The summed E-state index contributed by atoms with van der Waals surface area (Å²) in [6.07, 6.45) is 0. The van der Waals surface area contributed by atoms with Gasteiger partial charge in [0.2, 0.25) is 0 Å². The molecule has 9 heteroatoms. The van der Waals surface area contributed by atoms with Crippen molar-refractivity contribution in [3.63, 3.8) is 0 Å². The molecule has 152 valence electrons. The smallest absolute Gasteiger partial charge is 0.854 e. The van der Waals surface area contributed by atoms with E-state index in [4.69, 9.17) is 0 Å². The zero-order valence-corrected chi connectivity index (χ0v) is 18.2. The normalized spacial score (nSPS) is 8.64. The molecule has 0 aliphatic rings. The van der Waals surface area contributed by atoms with Crippen molar-refractivity contribution in [2.45, 2.75) is 27.7 Å². The topological polar surface area (TPSA) is 140 Å². The predicted molar refractivity (Wildman–Crippen MR) is 93.6 cm³/mol. The van der Waals surface area contributed by atoms with Gasteiger partial charge in [0, 0.05) is 0 Å². The molecule has 0 aliphatic heterocycles. The van der Waals surface area contributed by atoms with Crippen molar-refractivity contribution in [3.05, 3.63) is 0 Å². The van der Waals surface area contributed by atoms with Gasteiger partial charge in [0.25, 0.3) is 0 Å². The number of nitrogens with one attached hydrogen (secondary N) is 4. The van der Waals surface area contributed by atoms with Gasteiger partial charge in [-0.1, -0.05) is 27.7 Å². The molecule has 0 aromatic rings. The minimum atomic E-state index is -0.00611. The standard InChI is InChI=1S/4C4H10NO.Ti/c4*1-2-5-3-4-6;/h4*5H,2-4H2,1H3;/q4*-1;+4. The van der Waals surface area contributed by atoms with Gasteiger partial charge in [-0.15, -0.1) is 26.4 Å². The molecule has 0 saturated carbocycles. The molecule has 0 aliphatic carbocycles. The Bertz CT molecular complexity index is 116. The quantitative estimate of drug-likeness (QED) is 0.191. The second kappa shape index (κ2) is 49.7. The molecule has 0 bridgehead atoms. The third-order valence-corrected chi connectivity index (χ3v) is 2.12. The maximum atomic E-state index is 9.63. The van der Waals surface area contributed by atoms with Crippen LogP contribution in [0.5, 0.6) is 0 Å². The van der Waals surface area contributed by atoms with Gasteiger partial charge < -0.3 is 41.7 Å². The third kappa shape index (κ3) is 79.6. The average molecular weight is 400 g/mol. The summed E-state index contributed by atoms with van der Waals surface area (Å²) in [5.41, 5.74) is 0. The van der Waals surface area contributed by atoms with Crippen LogP contribution in [0.4, 0.5) is 0 Å². The molecule has 0 unspecified atom stereocenters. The monoisotopic (exact) mass is 400 g/mol. The van der Waals surface area contributed by atoms with E-state index in [9.17, 15) is 20.4 Å². The molecule has 0 heterocycles. The Morgan fingerprint density at radius 3 is 0.640 bits per heavy atom. The van der Waals surface area contributed by atoms with Crippen LogP contribution in [-0.2, 0) is 21.7 Å². The number of rotatable bonds is 12. The first-order chi connectivity index (χ1) is 11.7. The zero-order chi connectivity index (χ0) is 19.3. The Hall–Kier alpha value is 0.394. The van der Waals surface area contributed by atoms with Crippen molar-refractivity contribution in [1.82, 2.24) is 21.3 Å². The van der Waals surface area contributed by atoms with Crippen LogP contribution in [0.15, 0.2) is 0 Å². The van der Waals surface area contributed by atoms with Gasteiger partial charge in [-0.05, 0) is 52.4 Å². The van der Waals surface area contributed by atoms with E-state index in [0.717, 1.165) is 26.2 Å². The van der Waals surface area contributed by atoms with Crippen molar-refractivity contribution in [1.29, 1.82) is 0 Å². The maximum absolute atomic E-state index is 9.63. The molecule has 0 aromatic heterocycles. The molecular formula is C16H40N4O4Ti. The molecule has 0 atom stereocenters. The Morgan fingerprint density at radius 2 is 0.600 bits per heavy atom. The van der Waals surface area contributed by atoms with Crippen LogP contribution in [0.2, 0.25) is 0 Å². The molecule has 0 rings (SSSR count). The van der Waals surface area contributed by atoms with Crippen molar-refractivity contribution < 1.29 is 42.1 Å². The largest absolute Gasteiger partial charge is 4.00 e. The summed E-state index contributed by atoms with van der Waals surface area (Å²) >= 11 is 0. The van der Waals surface area contributed by atoms with Gasteiger partial charge in [0.1, 0.15) is 0 Å². The van der Waals surface area contributed by atoms with Crippen LogP contribution < -0.4 is 41.7 Å². The van der Waals surface area contributed by atoms with Crippen LogP contribution in [0.25, 0.3) is 0 Å². The van der Waals surface area contributed by atoms with Crippen molar-refractivity contribution in [2.24, 2.45) is 0 Å².